The topological polar surface area (TPSA) is 38.5 Å². The molecule has 0 spiro atoms. The second-order valence-electron chi connectivity index (χ2n) is 8.75. The van der Waals surface area contributed by atoms with E-state index in [-0.39, 0.29) is 12.0 Å². The second-order valence-corrected chi connectivity index (χ2v) is 8.75. The first-order valence-electron chi connectivity index (χ1n) is 12.3. The number of unbranched alkanes of at least 4 members (excludes halogenated alkanes) is 7. The van der Waals surface area contributed by atoms with Gasteiger partial charge in [0.25, 0.3) is 0 Å². The lowest BCUT2D eigenvalue weighted by Gasteiger charge is -2.17. The average molecular weight is 438 g/mol. The van der Waals surface area contributed by atoms with Crippen molar-refractivity contribution >= 4 is 11.7 Å². The van der Waals surface area contributed by atoms with E-state index in [4.69, 9.17) is 9.47 Å². The van der Waals surface area contributed by atoms with E-state index in [0.29, 0.717) is 6.61 Å². The molecule has 0 unspecified atom stereocenters. The quantitative estimate of drug-likeness (QED) is 0.180. The van der Waals surface area contributed by atoms with Crippen molar-refractivity contribution in [3.05, 3.63) is 60.2 Å². The van der Waals surface area contributed by atoms with E-state index in [1.807, 2.05) is 49.4 Å². The number of benzene rings is 2. The van der Waals surface area contributed by atoms with Crippen molar-refractivity contribution < 1.29 is 14.3 Å². The minimum absolute atomic E-state index is 0.000647. The van der Waals surface area contributed by atoms with Crippen LogP contribution in [-0.4, -0.2) is 25.2 Å². The van der Waals surface area contributed by atoms with Crippen molar-refractivity contribution in [2.24, 2.45) is 0 Å². The van der Waals surface area contributed by atoms with E-state index in [1.165, 1.54) is 38.5 Å². The van der Waals surface area contributed by atoms with Gasteiger partial charge in [-0.25, -0.2) is 4.79 Å². The third kappa shape index (κ3) is 5.46. The molecule has 0 amide bonds. The Balaban J connectivity index is 1.77. The Bertz CT molecular complexity index is 820. The predicted octanol–water partition coefficient (Wildman–Crippen LogP) is 7.09. The highest BCUT2D eigenvalue weighted by Crippen LogP contribution is 2.59. The molecule has 1 aliphatic heterocycles. The maximum atomic E-state index is 13.4. The third-order valence-electron chi connectivity index (χ3n) is 6.58. The van der Waals surface area contributed by atoms with Gasteiger partial charge in [-0.2, -0.15) is 0 Å². The van der Waals surface area contributed by atoms with Crippen LogP contribution in [0.2, 0.25) is 0 Å². The van der Waals surface area contributed by atoms with Crippen LogP contribution in [0.4, 0.5) is 5.69 Å². The first-order valence-corrected chi connectivity index (χ1v) is 12.3. The van der Waals surface area contributed by atoms with Gasteiger partial charge >= 0.3 is 5.97 Å². The molecule has 2 aromatic rings. The van der Waals surface area contributed by atoms with Gasteiger partial charge in [0.05, 0.1) is 19.8 Å². The highest BCUT2D eigenvalue weighted by atomic mass is 16.5. The standard InChI is InChI=1S/C28H39NO3/c1-4-6-7-8-9-10-11-15-22-28(27(30)32-5-2)26(23-16-13-12-14-17-23)29(28)24-18-20-25(31-3)21-19-24/h12-14,16-21,26H,4-11,15,22H2,1-3H3/t26-,28+,29?/m1/s1. The Hall–Kier alpha value is -2.49. The molecule has 1 fully saturated rings. The molecular weight excluding hydrogens is 398 g/mol. The highest BCUT2D eigenvalue weighted by Gasteiger charge is 2.68. The Labute approximate surface area is 193 Å². The van der Waals surface area contributed by atoms with Crippen LogP contribution in [0.15, 0.2) is 54.6 Å². The van der Waals surface area contributed by atoms with Gasteiger partial charge in [0.2, 0.25) is 0 Å². The lowest BCUT2D eigenvalue weighted by molar-refractivity contribution is -0.146. The van der Waals surface area contributed by atoms with E-state index in [2.05, 4.69) is 24.0 Å². The molecule has 1 aliphatic rings. The van der Waals surface area contributed by atoms with Gasteiger partial charge in [-0.05, 0) is 43.2 Å². The maximum absolute atomic E-state index is 13.4. The predicted molar refractivity (Wildman–Crippen MR) is 131 cm³/mol. The molecule has 174 valence electrons. The van der Waals surface area contributed by atoms with Crippen LogP contribution in [0, 0.1) is 0 Å². The lowest BCUT2D eigenvalue weighted by Crippen LogP contribution is -2.32. The monoisotopic (exact) mass is 437 g/mol. The minimum Gasteiger partial charge on any atom is -0.497 e. The number of ether oxygens (including phenoxy) is 2. The molecule has 1 saturated heterocycles. The van der Waals surface area contributed by atoms with Crippen LogP contribution >= 0.6 is 0 Å². The molecule has 32 heavy (non-hydrogen) atoms. The van der Waals surface area contributed by atoms with E-state index in [1.54, 1.807) is 7.11 Å². The fraction of sp³-hybridized carbons (Fsp3) is 0.536. The summed E-state index contributed by atoms with van der Waals surface area (Å²) in [6.07, 6.45) is 10.8. The molecule has 2 atom stereocenters. The van der Waals surface area contributed by atoms with Crippen LogP contribution in [-0.2, 0) is 9.53 Å². The largest absolute Gasteiger partial charge is 0.497 e. The second kappa shape index (κ2) is 11.9. The fourth-order valence-corrected chi connectivity index (χ4v) is 4.87. The van der Waals surface area contributed by atoms with Gasteiger partial charge in [-0.3, -0.25) is 0 Å². The van der Waals surface area contributed by atoms with Crippen molar-refractivity contribution in [1.82, 2.24) is 0 Å². The molecule has 3 rings (SSSR count). The lowest BCUT2D eigenvalue weighted by atomic mass is 9.93. The van der Waals surface area contributed by atoms with Crippen molar-refractivity contribution in [2.75, 3.05) is 18.6 Å². The Morgan fingerprint density at radius 3 is 2.09 bits per heavy atom. The summed E-state index contributed by atoms with van der Waals surface area (Å²) < 4.78 is 11.0. The number of methoxy groups -OCH3 is 1. The van der Waals surface area contributed by atoms with E-state index in [9.17, 15) is 4.79 Å². The molecule has 0 aromatic heterocycles. The summed E-state index contributed by atoms with van der Waals surface area (Å²) in [4.78, 5) is 15.6. The first-order chi connectivity index (χ1) is 15.7. The van der Waals surface area contributed by atoms with Gasteiger partial charge in [0, 0.05) is 5.69 Å². The summed E-state index contributed by atoms with van der Waals surface area (Å²) in [6, 6.07) is 18.4. The van der Waals surface area contributed by atoms with Crippen molar-refractivity contribution in [3.63, 3.8) is 0 Å². The summed E-state index contributed by atoms with van der Waals surface area (Å²) >= 11 is 0. The number of anilines is 1. The van der Waals surface area contributed by atoms with Crippen LogP contribution in [0.25, 0.3) is 0 Å². The van der Waals surface area contributed by atoms with Gasteiger partial charge in [0.15, 0.2) is 5.54 Å². The Kier molecular flexibility index (Phi) is 9.01. The van der Waals surface area contributed by atoms with E-state index >= 15 is 0 Å². The molecule has 4 nitrogen and oxygen atoms in total. The highest BCUT2D eigenvalue weighted by molar-refractivity contribution is 5.94. The van der Waals surface area contributed by atoms with Gasteiger partial charge in [-0.1, -0.05) is 88.6 Å². The summed E-state index contributed by atoms with van der Waals surface area (Å²) in [5.41, 5.74) is 1.57. The SMILES string of the molecule is CCCCCCCCCC[C@@]1(C(=O)OCC)[C@@H](c2ccccc2)N1c1ccc(OC)cc1. The zero-order chi connectivity index (χ0) is 22.8. The summed E-state index contributed by atoms with van der Waals surface area (Å²) in [7, 11) is 1.67. The first kappa shape index (κ1) is 24.2. The smallest absolute Gasteiger partial charge is 0.334 e. The molecule has 0 bridgehead atoms. The number of rotatable bonds is 14. The average Bonchev–Trinajstić information content (AvgIpc) is 3.51. The zero-order valence-corrected chi connectivity index (χ0v) is 20.0. The van der Waals surface area contributed by atoms with Gasteiger partial charge in [-0.15, -0.1) is 0 Å². The Morgan fingerprint density at radius 1 is 0.875 bits per heavy atom. The van der Waals surface area contributed by atoms with Crippen LogP contribution in [0.5, 0.6) is 5.75 Å². The number of carbonyl (C=O) groups is 1. The third-order valence-corrected chi connectivity index (χ3v) is 6.58. The molecule has 0 N–H and O–H groups in total. The van der Waals surface area contributed by atoms with Crippen LogP contribution in [0.3, 0.4) is 0 Å². The summed E-state index contributed by atoms with van der Waals surface area (Å²) in [5, 5.41) is 0. The molecule has 1 heterocycles. The minimum atomic E-state index is -0.631. The number of nitrogens with zero attached hydrogens (tertiary/aromatic N) is 1. The summed E-state index contributed by atoms with van der Waals surface area (Å²) in [6.45, 7) is 4.54. The number of hydrogen-bond acceptors (Lipinski definition) is 4. The molecule has 4 heteroatoms. The van der Waals surface area contributed by atoms with Gasteiger partial charge < -0.3 is 14.4 Å². The van der Waals surface area contributed by atoms with Crippen molar-refractivity contribution in [3.8, 4) is 5.75 Å². The summed E-state index contributed by atoms with van der Waals surface area (Å²) in [5.74, 6) is 0.712. The number of carbonyl (C=O) groups excluding carboxylic acids is 1. The van der Waals surface area contributed by atoms with Crippen molar-refractivity contribution in [2.45, 2.75) is 83.2 Å². The fourth-order valence-electron chi connectivity index (χ4n) is 4.87. The maximum Gasteiger partial charge on any atom is 0.334 e. The number of esters is 1. The molecule has 0 saturated carbocycles. The molecular formula is C28H39NO3. The van der Waals surface area contributed by atoms with Crippen LogP contribution in [0.1, 0.15) is 83.2 Å². The number of hydrogen-bond donors (Lipinski definition) is 0. The van der Waals surface area contributed by atoms with Crippen LogP contribution < -0.4 is 9.64 Å². The zero-order valence-electron chi connectivity index (χ0n) is 20.0. The molecule has 2 aromatic carbocycles. The van der Waals surface area contributed by atoms with Crippen molar-refractivity contribution in [1.29, 1.82) is 0 Å². The van der Waals surface area contributed by atoms with E-state index in [0.717, 1.165) is 36.3 Å². The van der Waals surface area contributed by atoms with Gasteiger partial charge in [0.1, 0.15) is 5.75 Å². The molecule has 0 aliphatic carbocycles. The molecule has 0 radical (unpaired) electrons. The Morgan fingerprint density at radius 2 is 1.50 bits per heavy atom. The normalized spacial score (nSPS) is 19.6. The van der Waals surface area contributed by atoms with E-state index < -0.39 is 5.54 Å².